The van der Waals surface area contributed by atoms with E-state index in [1.807, 2.05) is 54.6 Å². The second-order valence-corrected chi connectivity index (χ2v) is 8.12. The van der Waals surface area contributed by atoms with Crippen LogP contribution >= 0.6 is 0 Å². The first kappa shape index (κ1) is 22.1. The third-order valence-corrected chi connectivity index (χ3v) is 4.61. The molecule has 0 aromatic heterocycles. The van der Waals surface area contributed by atoms with Gasteiger partial charge >= 0.3 is 11.9 Å². The van der Waals surface area contributed by atoms with Gasteiger partial charge in [0.2, 0.25) is 0 Å². The summed E-state index contributed by atoms with van der Waals surface area (Å²) in [5.74, 6) is -0.0409. The molecule has 0 N–H and O–H groups in total. The molecule has 5 heteroatoms. The second-order valence-electron chi connectivity index (χ2n) is 8.12. The minimum Gasteiger partial charge on any atom is -0.482 e. The Bertz CT molecular complexity index is 1000. The standard InChI is InChI=1S/C26H26O5/c1-26(2,3)21-11-15-22(16-12-21)29-18-24(27)31-23-13-9-20(10-14-23)25(28)30-17-19-7-5-4-6-8-19/h4-16H,17-18H2,1-3H3. The Morgan fingerprint density at radius 1 is 0.774 bits per heavy atom. The van der Waals surface area contributed by atoms with Gasteiger partial charge in [-0.05, 0) is 52.9 Å². The number of benzene rings is 3. The summed E-state index contributed by atoms with van der Waals surface area (Å²) < 4.78 is 16.0. The molecule has 0 bridgehead atoms. The van der Waals surface area contributed by atoms with E-state index in [2.05, 4.69) is 20.8 Å². The summed E-state index contributed by atoms with van der Waals surface area (Å²) in [6, 6.07) is 23.3. The summed E-state index contributed by atoms with van der Waals surface area (Å²) in [5, 5.41) is 0. The maximum absolute atomic E-state index is 12.1. The van der Waals surface area contributed by atoms with Crippen molar-refractivity contribution in [3.05, 3.63) is 95.6 Å². The number of hydrogen-bond donors (Lipinski definition) is 0. The zero-order valence-corrected chi connectivity index (χ0v) is 18.0. The number of hydrogen-bond acceptors (Lipinski definition) is 5. The van der Waals surface area contributed by atoms with E-state index in [4.69, 9.17) is 14.2 Å². The lowest BCUT2D eigenvalue weighted by molar-refractivity contribution is -0.136. The van der Waals surface area contributed by atoms with E-state index in [1.54, 1.807) is 24.3 Å². The van der Waals surface area contributed by atoms with E-state index in [0.717, 1.165) is 5.56 Å². The highest BCUT2D eigenvalue weighted by Crippen LogP contribution is 2.24. The van der Waals surface area contributed by atoms with Gasteiger partial charge < -0.3 is 14.2 Å². The number of esters is 2. The molecule has 0 radical (unpaired) electrons. The van der Waals surface area contributed by atoms with Gasteiger partial charge in [-0.15, -0.1) is 0 Å². The van der Waals surface area contributed by atoms with Gasteiger partial charge in [0, 0.05) is 0 Å². The Labute approximate surface area is 182 Å². The van der Waals surface area contributed by atoms with Crippen LogP contribution in [0.3, 0.4) is 0 Å². The molecule has 0 aliphatic carbocycles. The number of carbonyl (C=O) groups excluding carboxylic acids is 2. The molecule has 3 aromatic carbocycles. The Kier molecular flexibility index (Phi) is 7.08. The second kappa shape index (κ2) is 9.94. The summed E-state index contributed by atoms with van der Waals surface area (Å²) in [5.41, 5.74) is 2.53. The molecule has 31 heavy (non-hydrogen) atoms. The summed E-state index contributed by atoms with van der Waals surface area (Å²) in [6.07, 6.45) is 0. The van der Waals surface area contributed by atoms with Gasteiger partial charge in [-0.25, -0.2) is 9.59 Å². The molecule has 0 amide bonds. The summed E-state index contributed by atoms with van der Waals surface area (Å²) >= 11 is 0. The third kappa shape index (κ3) is 6.71. The van der Waals surface area contributed by atoms with Gasteiger partial charge in [0.15, 0.2) is 6.61 Å². The quantitative estimate of drug-likeness (QED) is 0.384. The first-order valence-electron chi connectivity index (χ1n) is 10.1. The molecule has 0 aliphatic rings. The summed E-state index contributed by atoms with van der Waals surface area (Å²) in [7, 11) is 0. The third-order valence-electron chi connectivity index (χ3n) is 4.61. The molecule has 0 atom stereocenters. The fourth-order valence-electron chi connectivity index (χ4n) is 2.82. The Morgan fingerprint density at radius 2 is 1.39 bits per heavy atom. The lowest BCUT2D eigenvalue weighted by Crippen LogP contribution is -2.18. The van der Waals surface area contributed by atoms with Crippen molar-refractivity contribution >= 4 is 11.9 Å². The number of carbonyl (C=O) groups is 2. The van der Waals surface area contributed by atoms with Crippen molar-refractivity contribution in [3.63, 3.8) is 0 Å². The largest absolute Gasteiger partial charge is 0.482 e. The van der Waals surface area contributed by atoms with Crippen LogP contribution in [0.15, 0.2) is 78.9 Å². The summed E-state index contributed by atoms with van der Waals surface area (Å²) in [6.45, 7) is 6.39. The van der Waals surface area contributed by atoms with Gasteiger partial charge in [0.1, 0.15) is 18.1 Å². The number of ether oxygens (including phenoxy) is 3. The average molecular weight is 418 g/mol. The van der Waals surface area contributed by atoms with Crippen molar-refractivity contribution in [3.8, 4) is 11.5 Å². The zero-order valence-electron chi connectivity index (χ0n) is 18.0. The van der Waals surface area contributed by atoms with Crippen molar-refractivity contribution in [1.29, 1.82) is 0 Å². The fraction of sp³-hybridized carbons (Fsp3) is 0.231. The fourth-order valence-corrected chi connectivity index (χ4v) is 2.82. The first-order valence-corrected chi connectivity index (χ1v) is 10.1. The van der Waals surface area contributed by atoms with Gasteiger partial charge in [-0.2, -0.15) is 0 Å². The van der Waals surface area contributed by atoms with Crippen molar-refractivity contribution in [2.75, 3.05) is 6.61 Å². The molecular formula is C26H26O5. The molecular weight excluding hydrogens is 392 g/mol. The molecule has 0 spiro atoms. The Balaban J connectivity index is 1.46. The van der Waals surface area contributed by atoms with Crippen molar-refractivity contribution in [1.82, 2.24) is 0 Å². The van der Waals surface area contributed by atoms with E-state index in [9.17, 15) is 9.59 Å². The van der Waals surface area contributed by atoms with Gasteiger partial charge in [-0.3, -0.25) is 0 Å². The minimum absolute atomic E-state index is 0.0532. The molecule has 3 rings (SSSR count). The van der Waals surface area contributed by atoms with Crippen LogP contribution in [-0.4, -0.2) is 18.5 Å². The maximum Gasteiger partial charge on any atom is 0.349 e. The molecule has 5 nitrogen and oxygen atoms in total. The van der Waals surface area contributed by atoms with Crippen LogP contribution < -0.4 is 9.47 Å². The molecule has 0 saturated carbocycles. The first-order chi connectivity index (χ1) is 14.8. The monoisotopic (exact) mass is 418 g/mol. The predicted octanol–water partition coefficient (Wildman–Crippen LogP) is 5.33. The molecule has 0 fully saturated rings. The van der Waals surface area contributed by atoms with Crippen LogP contribution in [0.25, 0.3) is 0 Å². The van der Waals surface area contributed by atoms with Crippen molar-refractivity contribution < 1.29 is 23.8 Å². The lowest BCUT2D eigenvalue weighted by Gasteiger charge is -2.19. The highest BCUT2D eigenvalue weighted by Gasteiger charge is 2.14. The topological polar surface area (TPSA) is 61.8 Å². The minimum atomic E-state index is -0.528. The average Bonchev–Trinajstić information content (AvgIpc) is 2.77. The highest BCUT2D eigenvalue weighted by molar-refractivity contribution is 5.89. The van der Waals surface area contributed by atoms with E-state index >= 15 is 0 Å². The van der Waals surface area contributed by atoms with Crippen LogP contribution in [-0.2, 0) is 21.6 Å². The van der Waals surface area contributed by atoms with E-state index < -0.39 is 11.9 Å². The van der Waals surface area contributed by atoms with Crippen LogP contribution in [0.4, 0.5) is 0 Å². The Morgan fingerprint density at radius 3 is 2.00 bits per heavy atom. The molecule has 160 valence electrons. The van der Waals surface area contributed by atoms with Crippen molar-refractivity contribution in [2.45, 2.75) is 32.8 Å². The maximum atomic E-state index is 12.1. The molecule has 3 aromatic rings. The van der Waals surface area contributed by atoms with Gasteiger partial charge in [-0.1, -0.05) is 63.2 Å². The SMILES string of the molecule is CC(C)(C)c1ccc(OCC(=O)Oc2ccc(C(=O)OCc3ccccc3)cc2)cc1. The van der Waals surface area contributed by atoms with Crippen LogP contribution in [0.5, 0.6) is 11.5 Å². The van der Waals surface area contributed by atoms with Crippen LogP contribution in [0.2, 0.25) is 0 Å². The molecule has 0 saturated heterocycles. The van der Waals surface area contributed by atoms with Gasteiger partial charge in [0.25, 0.3) is 0 Å². The lowest BCUT2D eigenvalue weighted by atomic mass is 9.87. The van der Waals surface area contributed by atoms with Crippen molar-refractivity contribution in [2.24, 2.45) is 0 Å². The predicted molar refractivity (Wildman–Crippen MR) is 118 cm³/mol. The molecule has 0 aliphatic heterocycles. The zero-order chi connectivity index (χ0) is 22.3. The van der Waals surface area contributed by atoms with E-state index in [0.29, 0.717) is 17.1 Å². The van der Waals surface area contributed by atoms with E-state index in [1.165, 1.54) is 5.56 Å². The molecule has 0 unspecified atom stereocenters. The van der Waals surface area contributed by atoms with Crippen LogP contribution in [0, 0.1) is 0 Å². The van der Waals surface area contributed by atoms with Crippen LogP contribution in [0.1, 0.15) is 42.3 Å². The normalized spacial score (nSPS) is 10.9. The smallest absolute Gasteiger partial charge is 0.349 e. The molecule has 0 heterocycles. The Hall–Kier alpha value is -3.60. The summed E-state index contributed by atoms with van der Waals surface area (Å²) in [4.78, 5) is 24.2. The number of rotatable bonds is 7. The van der Waals surface area contributed by atoms with E-state index in [-0.39, 0.29) is 18.6 Å². The van der Waals surface area contributed by atoms with Gasteiger partial charge in [0.05, 0.1) is 5.56 Å². The highest BCUT2D eigenvalue weighted by atomic mass is 16.6.